The van der Waals surface area contributed by atoms with Crippen LogP contribution in [0.25, 0.3) is 6.08 Å². The van der Waals surface area contributed by atoms with Crippen molar-refractivity contribution in [2.24, 2.45) is 10.1 Å². The molecule has 2 aliphatic rings. The van der Waals surface area contributed by atoms with Crippen LogP contribution in [0.5, 0.6) is 0 Å². The summed E-state index contributed by atoms with van der Waals surface area (Å²) in [6, 6.07) is 13.4. The van der Waals surface area contributed by atoms with Gasteiger partial charge >= 0.3 is 0 Å². The third-order valence-corrected chi connectivity index (χ3v) is 8.26. The first kappa shape index (κ1) is 20.6. The molecule has 4 rings (SSSR count). The Bertz CT molecular complexity index is 1210. The standard InChI is InChI=1S/C19H16N4O4S3/c1-2-30(25,26)19-22-23-16(20)14(17(24)21-18(23)29-19)10-13-8-9-15(27-13)28-11-12-6-4-3-5-7-12/h3-10,20H,2,11H2,1H3/b14-10-,20-16?. The molecule has 2 aromatic rings. The quantitative estimate of drug-likeness (QED) is 0.535. The molecule has 0 fully saturated rings. The summed E-state index contributed by atoms with van der Waals surface area (Å²) in [4.78, 5) is 16.3. The maximum atomic E-state index is 12.4. The largest absolute Gasteiger partial charge is 0.450 e. The lowest BCUT2D eigenvalue weighted by Gasteiger charge is -2.19. The van der Waals surface area contributed by atoms with Crippen LogP contribution in [-0.4, -0.2) is 40.5 Å². The van der Waals surface area contributed by atoms with Gasteiger partial charge in [-0.15, -0.1) is 5.10 Å². The number of carbonyl (C=O) groups is 1. The number of amides is 1. The smallest absolute Gasteiger partial charge is 0.283 e. The number of fused-ring (bicyclic) bond motifs is 1. The third-order valence-electron chi connectivity index (χ3n) is 4.19. The van der Waals surface area contributed by atoms with Gasteiger partial charge in [0.05, 0.1) is 11.3 Å². The first-order valence-electron chi connectivity index (χ1n) is 8.87. The van der Waals surface area contributed by atoms with E-state index in [2.05, 4.69) is 10.1 Å². The monoisotopic (exact) mass is 460 g/mol. The number of nitrogens with one attached hydrogen (secondary N) is 1. The van der Waals surface area contributed by atoms with Crippen molar-refractivity contribution in [3.05, 3.63) is 59.4 Å². The Kier molecular flexibility index (Phi) is 5.67. The molecular formula is C19H16N4O4S3. The summed E-state index contributed by atoms with van der Waals surface area (Å²) >= 11 is 2.29. The van der Waals surface area contributed by atoms with Gasteiger partial charge in [0.2, 0.25) is 19.4 Å². The number of benzene rings is 1. The van der Waals surface area contributed by atoms with Crippen molar-refractivity contribution in [1.82, 2.24) is 5.01 Å². The molecule has 0 bridgehead atoms. The van der Waals surface area contributed by atoms with Crippen molar-refractivity contribution in [3.63, 3.8) is 0 Å². The van der Waals surface area contributed by atoms with Gasteiger partial charge in [0, 0.05) is 5.75 Å². The van der Waals surface area contributed by atoms with Gasteiger partial charge in [-0.1, -0.05) is 49.0 Å². The highest BCUT2D eigenvalue weighted by Gasteiger charge is 2.39. The lowest BCUT2D eigenvalue weighted by Crippen LogP contribution is -2.35. The average molecular weight is 461 g/mol. The van der Waals surface area contributed by atoms with Crippen LogP contribution in [0.4, 0.5) is 0 Å². The molecule has 1 amide bonds. The van der Waals surface area contributed by atoms with Gasteiger partial charge in [-0.05, 0) is 35.5 Å². The van der Waals surface area contributed by atoms with Crippen LogP contribution >= 0.6 is 23.5 Å². The molecule has 0 radical (unpaired) electrons. The van der Waals surface area contributed by atoms with Gasteiger partial charge in [-0.25, -0.2) is 8.42 Å². The van der Waals surface area contributed by atoms with Crippen LogP contribution in [0, 0.1) is 5.41 Å². The molecule has 30 heavy (non-hydrogen) atoms. The molecule has 1 aromatic carbocycles. The zero-order valence-electron chi connectivity index (χ0n) is 15.7. The van der Waals surface area contributed by atoms with Gasteiger partial charge in [0.25, 0.3) is 5.91 Å². The number of amidine groups is 2. The van der Waals surface area contributed by atoms with Crippen LogP contribution in [0.1, 0.15) is 18.2 Å². The fourth-order valence-electron chi connectivity index (χ4n) is 2.58. The summed E-state index contributed by atoms with van der Waals surface area (Å²) in [6.45, 7) is 1.50. The Labute approximate surface area is 181 Å². The van der Waals surface area contributed by atoms with Crippen molar-refractivity contribution >= 4 is 60.7 Å². The van der Waals surface area contributed by atoms with Crippen LogP contribution in [0.2, 0.25) is 0 Å². The molecule has 11 heteroatoms. The topological polar surface area (TPSA) is 116 Å². The molecule has 0 saturated heterocycles. The zero-order chi connectivity index (χ0) is 21.3. The highest BCUT2D eigenvalue weighted by atomic mass is 32.3. The Balaban J connectivity index is 1.53. The number of furan rings is 1. The van der Waals surface area contributed by atoms with Crippen molar-refractivity contribution in [2.75, 3.05) is 5.75 Å². The fourth-order valence-corrected chi connectivity index (χ4v) is 5.57. The summed E-state index contributed by atoms with van der Waals surface area (Å²) in [6.07, 6.45) is 1.42. The Hall–Kier alpha value is -2.63. The minimum atomic E-state index is -3.56. The molecule has 3 heterocycles. The summed E-state index contributed by atoms with van der Waals surface area (Å²) < 4.78 is 29.7. The van der Waals surface area contributed by atoms with Crippen molar-refractivity contribution in [3.8, 4) is 0 Å². The second-order valence-corrected chi connectivity index (χ2v) is 10.6. The molecule has 154 valence electrons. The normalized spacial score (nSPS) is 17.9. The van der Waals surface area contributed by atoms with Crippen molar-refractivity contribution < 1.29 is 17.6 Å². The van der Waals surface area contributed by atoms with E-state index in [4.69, 9.17) is 9.83 Å². The summed E-state index contributed by atoms with van der Waals surface area (Å²) in [5, 5.41) is 14.1. The number of aliphatic imine (C=N–C) groups is 1. The minimum absolute atomic E-state index is 0.0211. The van der Waals surface area contributed by atoms with Crippen LogP contribution in [-0.2, 0) is 20.4 Å². The minimum Gasteiger partial charge on any atom is -0.450 e. The van der Waals surface area contributed by atoms with E-state index in [0.717, 1.165) is 28.1 Å². The van der Waals surface area contributed by atoms with E-state index in [1.807, 2.05) is 30.3 Å². The van der Waals surface area contributed by atoms with E-state index in [-0.39, 0.29) is 26.7 Å². The van der Waals surface area contributed by atoms with Gasteiger partial charge in [0.15, 0.2) is 10.9 Å². The highest BCUT2D eigenvalue weighted by molar-refractivity contribution is 8.42. The van der Waals surface area contributed by atoms with Gasteiger partial charge in [0.1, 0.15) is 5.76 Å². The maximum Gasteiger partial charge on any atom is 0.283 e. The third kappa shape index (κ3) is 4.13. The Morgan fingerprint density at radius 1 is 1.23 bits per heavy atom. The molecule has 1 N–H and O–H groups in total. The average Bonchev–Trinajstić information content (AvgIpc) is 3.38. The van der Waals surface area contributed by atoms with Crippen molar-refractivity contribution in [1.29, 1.82) is 5.41 Å². The van der Waals surface area contributed by atoms with E-state index in [0.29, 0.717) is 10.9 Å². The van der Waals surface area contributed by atoms with Crippen molar-refractivity contribution in [2.45, 2.75) is 17.8 Å². The number of carbonyl (C=O) groups excluding carboxylic acids is 1. The van der Waals surface area contributed by atoms with Gasteiger partial charge in [-0.3, -0.25) is 10.2 Å². The number of hydrogen-bond donors (Lipinski definition) is 1. The molecular weight excluding hydrogens is 444 g/mol. The molecule has 0 unspecified atom stereocenters. The van der Waals surface area contributed by atoms with Gasteiger partial charge < -0.3 is 4.42 Å². The number of hydrogen-bond acceptors (Lipinski definition) is 8. The maximum absolute atomic E-state index is 12.4. The summed E-state index contributed by atoms with van der Waals surface area (Å²) in [5.74, 6) is 0.128. The van der Waals surface area contributed by atoms with Gasteiger partial charge in [-0.2, -0.15) is 10.0 Å². The number of thioether (sulfide) groups is 2. The highest BCUT2D eigenvalue weighted by Crippen LogP contribution is 2.31. The second-order valence-electron chi connectivity index (χ2n) is 6.22. The number of rotatable bonds is 5. The van der Waals surface area contributed by atoms with Crippen LogP contribution in [0.15, 0.2) is 67.6 Å². The van der Waals surface area contributed by atoms with E-state index in [1.165, 1.54) is 24.8 Å². The summed E-state index contributed by atoms with van der Waals surface area (Å²) in [5.41, 5.74) is 1.14. The first-order chi connectivity index (χ1) is 14.4. The first-order valence-corrected chi connectivity index (χ1v) is 12.3. The molecule has 0 spiro atoms. The van der Waals surface area contributed by atoms with E-state index < -0.39 is 15.7 Å². The SMILES string of the molecule is CCS(=O)(=O)C1=NN2C(=N)/C(=C/c3ccc(SCc4ccccc4)o3)C(=O)N=C2S1. The predicted octanol–water partition coefficient (Wildman–Crippen LogP) is 3.58. The van der Waals surface area contributed by atoms with Crippen LogP contribution in [0.3, 0.4) is 0 Å². The van der Waals surface area contributed by atoms with E-state index in [9.17, 15) is 13.2 Å². The molecule has 0 atom stereocenters. The second kappa shape index (κ2) is 8.25. The number of hydrazone groups is 1. The van der Waals surface area contributed by atoms with E-state index >= 15 is 0 Å². The summed E-state index contributed by atoms with van der Waals surface area (Å²) in [7, 11) is -3.56. The van der Waals surface area contributed by atoms with Crippen LogP contribution < -0.4 is 0 Å². The number of sulfone groups is 1. The van der Waals surface area contributed by atoms with E-state index in [1.54, 1.807) is 12.1 Å². The molecule has 1 aromatic heterocycles. The molecule has 2 aliphatic heterocycles. The molecule has 0 aliphatic carbocycles. The zero-order valence-corrected chi connectivity index (χ0v) is 18.2. The molecule has 0 saturated carbocycles. The number of nitrogens with zero attached hydrogens (tertiary/aromatic N) is 3. The fraction of sp³-hybridized carbons (Fsp3) is 0.158. The molecule has 8 nitrogen and oxygen atoms in total. The predicted molar refractivity (Wildman–Crippen MR) is 119 cm³/mol. The lowest BCUT2D eigenvalue weighted by atomic mass is 10.1. The lowest BCUT2D eigenvalue weighted by molar-refractivity contribution is -0.114. The Morgan fingerprint density at radius 2 is 2.00 bits per heavy atom. The Morgan fingerprint density at radius 3 is 2.73 bits per heavy atom.